The number of carbonyl (C=O) groups is 1. The van der Waals surface area contributed by atoms with Gasteiger partial charge in [-0.1, -0.05) is 12.1 Å². The Morgan fingerprint density at radius 2 is 2.05 bits per heavy atom. The van der Waals surface area contributed by atoms with E-state index in [4.69, 9.17) is 0 Å². The number of nitro groups is 1. The molecule has 1 N–H and O–H groups in total. The monoisotopic (exact) mass is 300 g/mol. The summed E-state index contributed by atoms with van der Waals surface area (Å²) in [6, 6.07) is 10.2. The zero-order chi connectivity index (χ0) is 15.0. The SMILES string of the molecule is O=C(c1cccc([N+](=O)[O-])c1)c1nc2ccc(O)cc2s1. The number of fused-ring (bicyclic) bond motifs is 1. The van der Waals surface area contributed by atoms with Crippen LogP contribution in [0.2, 0.25) is 0 Å². The molecule has 1 heterocycles. The summed E-state index contributed by atoms with van der Waals surface area (Å²) in [6.07, 6.45) is 0. The lowest BCUT2D eigenvalue weighted by molar-refractivity contribution is -0.384. The highest BCUT2D eigenvalue weighted by Crippen LogP contribution is 2.27. The van der Waals surface area contributed by atoms with Gasteiger partial charge in [-0.05, 0) is 18.2 Å². The molecule has 0 aliphatic heterocycles. The van der Waals surface area contributed by atoms with Crippen LogP contribution in [0.4, 0.5) is 5.69 Å². The van der Waals surface area contributed by atoms with Crippen molar-refractivity contribution in [2.75, 3.05) is 0 Å². The summed E-state index contributed by atoms with van der Waals surface area (Å²) in [7, 11) is 0. The fourth-order valence-corrected chi connectivity index (χ4v) is 2.86. The minimum Gasteiger partial charge on any atom is -0.508 e. The van der Waals surface area contributed by atoms with Gasteiger partial charge in [-0.2, -0.15) is 0 Å². The molecule has 0 atom stereocenters. The molecular formula is C14H8N2O4S. The number of nitro benzene ring substituents is 1. The highest BCUT2D eigenvalue weighted by Gasteiger charge is 2.17. The highest BCUT2D eigenvalue weighted by atomic mass is 32.1. The number of aromatic hydroxyl groups is 1. The zero-order valence-electron chi connectivity index (χ0n) is 10.5. The van der Waals surface area contributed by atoms with E-state index >= 15 is 0 Å². The Morgan fingerprint density at radius 1 is 1.24 bits per heavy atom. The highest BCUT2D eigenvalue weighted by molar-refractivity contribution is 7.20. The predicted molar refractivity (Wildman–Crippen MR) is 77.8 cm³/mol. The molecule has 6 nitrogen and oxygen atoms in total. The topological polar surface area (TPSA) is 93.3 Å². The van der Waals surface area contributed by atoms with Crippen molar-refractivity contribution in [3.63, 3.8) is 0 Å². The molecule has 0 radical (unpaired) electrons. The Bertz CT molecular complexity index is 872. The van der Waals surface area contributed by atoms with E-state index in [1.54, 1.807) is 6.07 Å². The van der Waals surface area contributed by atoms with Crippen LogP contribution in [-0.4, -0.2) is 20.8 Å². The Balaban J connectivity index is 2.03. The summed E-state index contributed by atoms with van der Waals surface area (Å²) in [5.74, 6) is -0.278. The molecule has 0 bridgehead atoms. The van der Waals surface area contributed by atoms with Gasteiger partial charge in [0.15, 0.2) is 5.01 Å². The van der Waals surface area contributed by atoms with Gasteiger partial charge in [0.05, 0.1) is 15.1 Å². The van der Waals surface area contributed by atoms with Crippen LogP contribution in [0, 0.1) is 10.1 Å². The molecule has 7 heteroatoms. The van der Waals surface area contributed by atoms with E-state index in [1.807, 2.05) is 0 Å². The Labute approximate surface area is 122 Å². The minimum atomic E-state index is -0.548. The first-order valence-electron chi connectivity index (χ1n) is 5.93. The lowest BCUT2D eigenvalue weighted by Gasteiger charge is -1.97. The van der Waals surface area contributed by atoms with Gasteiger partial charge in [0.1, 0.15) is 5.75 Å². The molecule has 3 rings (SSSR count). The summed E-state index contributed by atoms with van der Waals surface area (Å²) in [5.41, 5.74) is 0.679. The van der Waals surface area contributed by atoms with Crippen molar-refractivity contribution in [1.29, 1.82) is 0 Å². The lowest BCUT2D eigenvalue weighted by atomic mass is 10.1. The van der Waals surface area contributed by atoms with Crippen LogP contribution in [0.1, 0.15) is 15.4 Å². The first-order chi connectivity index (χ1) is 10.0. The van der Waals surface area contributed by atoms with E-state index in [1.165, 1.54) is 36.4 Å². The van der Waals surface area contributed by atoms with Crippen molar-refractivity contribution < 1.29 is 14.8 Å². The normalized spacial score (nSPS) is 10.7. The number of nitrogens with zero attached hydrogens (tertiary/aromatic N) is 2. The van der Waals surface area contributed by atoms with Crippen molar-refractivity contribution in [2.45, 2.75) is 0 Å². The molecular weight excluding hydrogens is 292 g/mol. The van der Waals surface area contributed by atoms with Gasteiger partial charge in [0.2, 0.25) is 5.78 Å². The number of rotatable bonds is 3. The fourth-order valence-electron chi connectivity index (χ4n) is 1.89. The van der Waals surface area contributed by atoms with E-state index in [0.717, 1.165) is 11.3 Å². The molecule has 104 valence electrons. The van der Waals surface area contributed by atoms with Crippen molar-refractivity contribution in [2.24, 2.45) is 0 Å². The number of hydrogen-bond acceptors (Lipinski definition) is 6. The van der Waals surface area contributed by atoms with E-state index < -0.39 is 4.92 Å². The molecule has 0 saturated carbocycles. The van der Waals surface area contributed by atoms with Crippen molar-refractivity contribution in [3.8, 4) is 5.75 Å². The third-order valence-corrected chi connectivity index (χ3v) is 3.90. The van der Waals surface area contributed by atoms with E-state index in [0.29, 0.717) is 10.2 Å². The number of phenolic OH excluding ortho intramolecular Hbond substituents is 1. The maximum absolute atomic E-state index is 12.3. The molecule has 1 aromatic heterocycles. The smallest absolute Gasteiger partial charge is 0.270 e. The second-order valence-corrected chi connectivity index (χ2v) is 5.34. The maximum Gasteiger partial charge on any atom is 0.270 e. The number of phenols is 1. The van der Waals surface area contributed by atoms with Gasteiger partial charge in [0.25, 0.3) is 5.69 Å². The van der Waals surface area contributed by atoms with Crippen LogP contribution in [0.3, 0.4) is 0 Å². The van der Waals surface area contributed by atoms with Gasteiger partial charge < -0.3 is 5.11 Å². The number of benzene rings is 2. The minimum absolute atomic E-state index is 0.0977. The Hall–Kier alpha value is -2.80. The molecule has 0 spiro atoms. The Kier molecular flexibility index (Phi) is 3.11. The summed E-state index contributed by atoms with van der Waals surface area (Å²) in [5, 5.41) is 20.4. The zero-order valence-corrected chi connectivity index (χ0v) is 11.3. The number of aromatic nitrogens is 1. The van der Waals surface area contributed by atoms with Crippen LogP contribution in [0.15, 0.2) is 42.5 Å². The third kappa shape index (κ3) is 2.46. The fraction of sp³-hybridized carbons (Fsp3) is 0. The first-order valence-corrected chi connectivity index (χ1v) is 6.75. The van der Waals surface area contributed by atoms with E-state index in [-0.39, 0.29) is 27.8 Å². The van der Waals surface area contributed by atoms with Crippen molar-refractivity contribution in [3.05, 3.63) is 63.1 Å². The molecule has 0 aliphatic carbocycles. The summed E-state index contributed by atoms with van der Waals surface area (Å²) >= 11 is 1.14. The average molecular weight is 300 g/mol. The van der Waals surface area contributed by atoms with Crippen LogP contribution in [-0.2, 0) is 0 Å². The molecule has 0 saturated heterocycles. The van der Waals surface area contributed by atoms with Gasteiger partial charge in [0, 0.05) is 17.7 Å². The molecule has 3 aromatic rings. The first kappa shape index (κ1) is 13.2. The molecule has 0 fully saturated rings. The molecule has 21 heavy (non-hydrogen) atoms. The van der Waals surface area contributed by atoms with Gasteiger partial charge in [-0.25, -0.2) is 4.98 Å². The number of ketones is 1. The maximum atomic E-state index is 12.3. The average Bonchev–Trinajstić information content (AvgIpc) is 2.89. The number of non-ortho nitro benzene ring substituents is 1. The predicted octanol–water partition coefficient (Wildman–Crippen LogP) is 3.14. The van der Waals surface area contributed by atoms with Crippen LogP contribution in [0.5, 0.6) is 5.75 Å². The third-order valence-electron chi connectivity index (χ3n) is 2.89. The largest absolute Gasteiger partial charge is 0.508 e. The van der Waals surface area contributed by atoms with Gasteiger partial charge >= 0.3 is 0 Å². The van der Waals surface area contributed by atoms with Crippen LogP contribution >= 0.6 is 11.3 Å². The van der Waals surface area contributed by atoms with Crippen molar-refractivity contribution in [1.82, 2.24) is 4.98 Å². The standard InChI is InChI=1S/C14H8N2O4S/c17-10-4-5-11-12(7-10)21-14(15-11)13(18)8-2-1-3-9(6-8)16(19)20/h1-7,17H. The van der Waals surface area contributed by atoms with Gasteiger partial charge in [-0.3, -0.25) is 14.9 Å². The van der Waals surface area contributed by atoms with Crippen molar-refractivity contribution >= 4 is 33.0 Å². The second-order valence-electron chi connectivity index (χ2n) is 4.31. The van der Waals surface area contributed by atoms with E-state index in [2.05, 4.69) is 4.98 Å². The number of thiazole rings is 1. The van der Waals surface area contributed by atoms with Gasteiger partial charge in [-0.15, -0.1) is 11.3 Å². The number of carbonyl (C=O) groups excluding carboxylic acids is 1. The van der Waals surface area contributed by atoms with Crippen LogP contribution < -0.4 is 0 Å². The second kappa shape index (κ2) is 4.95. The summed E-state index contributed by atoms with van der Waals surface area (Å²) in [6.45, 7) is 0. The van der Waals surface area contributed by atoms with Crippen LogP contribution in [0.25, 0.3) is 10.2 Å². The molecule has 2 aromatic carbocycles. The Morgan fingerprint density at radius 3 is 2.81 bits per heavy atom. The lowest BCUT2D eigenvalue weighted by Crippen LogP contribution is -2.01. The van der Waals surface area contributed by atoms with E-state index in [9.17, 15) is 20.0 Å². The molecule has 0 aliphatic rings. The quantitative estimate of drug-likeness (QED) is 0.455. The summed E-state index contributed by atoms with van der Waals surface area (Å²) in [4.78, 5) is 26.7. The summed E-state index contributed by atoms with van der Waals surface area (Å²) < 4.78 is 0.684. The molecule has 0 unspecified atom stereocenters. The molecule has 0 amide bonds. The number of hydrogen-bond donors (Lipinski definition) is 1.